The molecule has 0 bridgehead atoms. The first kappa shape index (κ1) is 19.3. The molecule has 6 nitrogen and oxygen atoms in total. The first-order valence-corrected chi connectivity index (χ1v) is 8.25. The standard InChI is InChI=1S/C16H10FN3OS.C2H6O2/c1-2-9-5-6-12(11(17)8-9)20-16-13(14(18)21)10-4-3-7-19-15(10)22-16;3-1-2-4/h1,3-8,20H,(H2,18,21);3-4H,1-2H2. The SMILES string of the molecule is C#Cc1ccc(Nc2sc3ncccc3c2C(N)=O)c(F)c1.OCCO. The molecule has 134 valence electrons. The van der Waals surface area contributed by atoms with E-state index in [1.54, 1.807) is 24.4 Å². The number of carbonyl (C=O) groups is 1. The van der Waals surface area contributed by atoms with Crippen molar-refractivity contribution in [2.75, 3.05) is 18.5 Å². The topological polar surface area (TPSA) is 108 Å². The van der Waals surface area contributed by atoms with Crippen LogP contribution in [0, 0.1) is 18.2 Å². The molecule has 2 aromatic heterocycles. The van der Waals surface area contributed by atoms with Crippen LogP contribution in [0.15, 0.2) is 36.5 Å². The average molecular weight is 373 g/mol. The van der Waals surface area contributed by atoms with Crippen molar-refractivity contribution in [2.24, 2.45) is 5.73 Å². The Morgan fingerprint density at radius 1 is 1.35 bits per heavy atom. The third-order valence-electron chi connectivity index (χ3n) is 3.20. The lowest BCUT2D eigenvalue weighted by Crippen LogP contribution is -2.12. The van der Waals surface area contributed by atoms with Crippen molar-refractivity contribution in [1.82, 2.24) is 4.98 Å². The Kier molecular flexibility index (Phi) is 6.63. The van der Waals surface area contributed by atoms with Gasteiger partial charge in [0.15, 0.2) is 0 Å². The molecule has 0 aliphatic heterocycles. The normalized spacial score (nSPS) is 9.92. The van der Waals surface area contributed by atoms with E-state index in [2.05, 4.69) is 16.2 Å². The van der Waals surface area contributed by atoms with Gasteiger partial charge in [0.25, 0.3) is 5.91 Å². The van der Waals surface area contributed by atoms with Crippen molar-refractivity contribution >= 4 is 38.1 Å². The van der Waals surface area contributed by atoms with Crippen molar-refractivity contribution in [3.8, 4) is 12.3 Å². The summed E-state index contributed by atoms with van der Waals surface area (Å²) in [5.74, 6) is 1.26. The summed E-state index contributed by atoms with van der Waals surface area (Å²) in [6.07, 6.45) is 6.85. The highest BCUT2D eigenvalue weighted by atomic mass is 32.1. The molecule has 2 heterocycles. The van der Waals surface area contributed by atoms with Gasteiger partial charge in [-0.1, -0.05) is 17.3 Å². The number of hydrogen-bond donors (Lipinski definition) is 4. The summed E-state index contributed by atoms with van der Waals surface area (Å²) in [6.45, 7) is -0.250. The highest BCUT2D eigenvalue weighted by molar-refractivity contribution is 7.23. The average Bonchev–Trinajstić information content (AvgIpc) is 3.01. The maximum atomic E-state index is 14.0. The monoisotopic (exact) mass is 373 g/mol. The number of fused-ring (bicyclic) bond motifs is 1. The van der Waals surface area contributed by atoms with Crippen molar-refractivity contribution in [2.45, 2.75) is 0 Å². The number of aliphatic hydroxyl groups is 2. The zero-order chi connectivity index (χ0) is 19.1. The van der Waals surface area contributed by atoms with E-state index in [0.717, 1.165) is 0 Å². The third-order valence-corrected chi connectivity index (χ3v) is 4.23. The van der Waals surface area contributed by atoms with Crippen LogP contribution in [0.3, 0.4) is 0 Å². The smallest absolute Gasteiger partial charge is 0.252 e. The van der Waals surface area contributed by atoms with Crippen LogP contribution in [-0.2, 0) is 0 Å². The Morgan fingerprint density at radius 3 is 2.65 bits per heavy atom. The largest absolute Gasteiger partial charge is 0.394 e. The number of terminal acetylenes is 1. The van der Waals surface area contributed by atoms with Gasteiger partial charge < -0.3 is 21.3 Å². The highest BCUT2D eigenvalue weighted by Gasteiger charge is 2.18. The fraction of sp³-hybridized carbons (Fsp3) is 0.111. The fourth-order valence-corrected chi connectivity index (χ4v) is 3.15. The van der Waals surface area contributed by atoms with E-state index in [-0.39, 0.29) is 18.9 Å². The van der Waals surface area contributed by atoms with Crippen molar-refractivity contribution < 1.29 is 19.4 Å². The summed E-state index contributed by atoms with van der Waals surface area (Å²) in [4.78, 5) is 16.6. The van der Waals surface area contributed by atoms with E-state index in [1.165, 1.54) is 23.5 Å². The maximum Gasteiger partial charge on any atom is 0.252 e. The number of thiophene rings is 1. The molecule has 3 rings (SSSR count). The minimum absolute atomic E-state index is 0.125. The summed E-state index contributed by atoms with van der Waals surface area (Å²) in [5, 5.41) is 19.2. The van der Waals surface area contributed by atoms with Gasteiger partial charge in [0.05, 0.1) is 24.5 Å². The van der Waals surface area contributed by atoms with E-state index >= 15 is 0 Å². The lowest BCUT2D eigenvalue weighted by atomic mass is 10.2. The predicted octanol–water partition coefficient (Wildman–Crippen LogP) is 2.23. The second-order valence-corrected chi connectivity index (χ2v) is 5.94. The number of amides is 1. The molecule has 0 saturated heterocycles. The molecule has 0 fully saturated rings. The Hall–Kier alpha value is -2.99. The van der Waals surface area contributed by atoms with Crippen LogP contribution < -0.4 is 11.1 Å². The number of anilines is 2. The van der Waals surface area contributed by atoms with Crippen molar-refractivity contribution in [3.63, 3.8) is 0 Å². The zero-order valence-electron chi connectivity index (χ0n) is 13.6. The molecule has 1 aromatic carbocycles. The quantitative estimate of drug-likeness (QED) is 0.525. The van der Waals surface area contributed by atoms with E-state index in [9.17, 15) is 9.18 Å². The molecular formula is C18H16FN3O3S. The second-order valence-electron chi connectivity index (χ2n) is 4.94. The highest BCUT2D eigenvalue weighted by Crippen LogP contribution is 2.36. The number of benzene rings is 1. The molecule has 5 N–H and O–H groups in total. The molecule has 0 radical (unpaired) electrons. The molecular weight excluding hydrogens is 357 g/mol. The van der Waals surface area contributed by atoms with E-state index in [1.807, 2.05) is 0 Å². The molecule has 3 aromatic rings. The summed E-state index contributed by atoms with van der Waals surface area (Å²) < 4.78 is 14.0. The van der Waals surface area contributed by atoms with Crippen LogP contribution in [0.5, 0.6) is 0 Å². The van der Waals surface area contributed by atoms with Crippen LogP contribution in [0.4, 0.5) is 15.1 Å². The molecule has 0 saturated carbocycles. The number of primary amides is 1. The lowest BCUT2D eigenvalue weighted by molar-refractivity contribution is 0.100. The molecule has 0 atom stereocenters. The number of aromatic nitrogens is 1. The first-order valence-electron chi connectivity index (χ1n) is 7.44. The Morgan fingerprint density at radius 2 is 2.08 bits per heavy atom. The van der Waals surface area contributed by atoms with Crippen molar-refractivity contribution in [1.29, 1.82) is 0 Å². The summed E-state index contributed by atoms with van der Waals surface area (Å²) in [5.41, 5.74) is 6.40. The molecule has 1 amide bonds. The first-order chi connectivity index (χ1) is 12.5. The van der Waals surface area contributed by atoms with Gasteiger partial charge in [0, 0.05) is 17.1 Å². The van der Waals surface area contributed by atoms with Gasteiger partial charge in [-0.3, -0.25) is 4.79 Å². The molecule has 0 aliphatic rings. The minimum atomic E-state index is -0.595. The zero-order valence-corrected chi connectivity index (χ0v) is 14.4. The minimum Gasteiger partial charge on any atom is -0.394 e. The summed E-state index contributed by atoms with van der Waals surface area (Å²) in [7, 11) is 0. The van der Waals surface area contributed by atoms with Crippen LogP contribution >= 0.6 is 11.3 Å². The number of pyridine rings is 1. The number of rotatable bonds is 4. The molecule has 0 spiro atoms. The maximum absolute atomic E-state index is 14.0. The molecule has 0 aliphatic carbocycles. The molecule has 8 heteroatoms. The number of nitrogens with one attached hydrogen (secondary N) is 1. The van der Waals surface area contributed by atoms with Gasteiger partial charge in [-0.25, -0.2) is 9.37 Å². The van der Waals surface area contributed by atoms with Crippen molar-refractivity contribution in [3.05, 3.63) is 53.5 Å². The third kappa shape index (κ3) is 4.34. The molecule has 0 unspecified atom stereocenters. The van der Waals surface area contributed by atoms with Gasteiger partial charge in [-0.2, -0.15) is 0 Å². The van der Waals surface area contributed by atoms with Crippen LogP contribution in [0.2, 0.25) is 0 Å². The Labute approximate surface area is 153 Å². The number of halogens is 1. The number of nitrogens with zero attached hydrogens (tertiary/aromatic N) is 1. The lowest BCUT2D eigenvalue weighted by Gasteiger charge is -2.07. The number of nitrogens with two attached hydrogens (primary N) is 1. The van der Waals surface area contributed by atoms with Crippen LogP contribution in [0.1, 0.15) is 15.9 Å². The number of hydrogen-bond acceptors (Lipinski definition) is 6. The number of aliphatic hydroxyl groups excluding tert-OH is 2. The van der Waals surface area contributed by atoms with Crippen LogP contribution in [0.25, 0.3) is 10.2 Å². The predicted molar refractivity (Wildman–Crippen MR) is 99.9 cm³/mol. The van der Waals surface area contributed by atoms with Gasteiger partial charge >= 0.3 is 0 Å². The molecule has 26 heavy (non-hydrogen) atoms. The number of carbonyl (C=O) groups excluding carboxylic acids is 1. The van der Waals surface area contributed by atoms with Gasteiger partial charge in [-0.05, 0) is 30.3 Å². The van der Waals surface area contributed by atoms with Gasteiger partial charge in [0.2, 0.25) is 0 Å². The van der Waals surface area contributed by atoms with Crippen LogP contribution in [-0.4, -0.2) is 34.3 Å². The Balaban J connectivity index is 0.000000552. The Bertz CT molecular complexity index is 964. The van der Waals surface area contributed by atoms with Gasteiger partial charge in [0.1, 0.15) is 15.6 Å². The van der Waals surface area contributed by atoms with E-state index in [0.29, 0.717) is 26.3 Å². The summed E-state index contributed by atoms with van der Waals surface area (Å²) >= 11 is 1.24. The van der Waals surface area contributed by atoms with E-state index in [4.69, 9.17) is 22.4 Å². The van der Waals surface area contributed by atoms with Gasteiger partial charge in [-0.15, -0.1) is 6.42 Å². The fourth-order valence-electron chi connectivity index (χ4n) is 2.09. The van der Waals surface area contributed by atoms with E-state index < -0.39 is 11.7 Å². The second kappa shape index (κ2) is 8.92. The summed E-state index contributed by atoms with van der Waals surface area (Å²) in [6, 6.07) is 7.85.